The number of hydrogen-bond acceptors (Lipinski definition) is 4. The molecule has 1 aliphatic carbocycles. The SMILES string of the molecule is CC[C@@H](C)COC(=O)[C@@H]1[C@@H](C(=O)OC)[C@H](c2ccccc2)[C@H]1c1ccccc1. The van der Waals surface area contributed by atoms with Crippen LogP contribution in [-0.2, 0) is 19.1 Å². The van der Waals surface area contributed by atoms with Crippen LogP contribution in [0.2, 0.25) is 0 Å². The first-order valence-electron chi connectivity index (χ1n) is 9.92. The molecule has 0 amide bonds. The van der Waals surface area contributed by atoms with E-state index in [1.165, 1.54) is 7.11 Å². The fourth-order valence-electron chi connectivity index (χ4n) is 4.09. The highest BCUT2D eigenvalue weighted by molar-refractivity contribution is 5.87. The highest BCUT2D eigenvalue weighted by Gasteiger charge is 2.59. The minimum absolute atomic E-state index is 0.114. The van der Waals surface area contributed by atoms with Crippen LogP contribution in [0.4, 0.5) is 0 Å². The van der Waals surface area contributed by atoms with E-state index in [9.17, 15) is 9.59 Å². The Balaban J connectivity index is 1.96. The molecule has 4 heteroatoms. The van der Waals surface area contributed by atoms with Crippen molar-refractivity contribution in [3.63, 3.8) is 0 Å². The monoisotopic (exact) mass is 380 g/mol. The lowest BCUT2D eigenvalue weighted by Gasteiger charge is -2.49. The first kappa shape index (κ1) is 20.1. The average molecular weight is 380 g/mol. The van der Waals surface area contributed by atoms with E-state index in [4.69, 9.17) is 9.47 Å². The molecule has 4 nitrogen and oxygen atoms in total. The van der Waals surface area contributed by atoms with Gasteiger partial charge < -0.3 is 9.47 Å². The number of esters is 2. The second-order valence-electron chi connectivity index (χ2n) is 7.59. The molecule has 1 aliphatic rings. The zero-order chi connectivity index (χ0) is 20.1. The van der Waals surface area contributed by atoms with Crippen molar-refractivity contribution in [1.82, 2.24) is 0 Å². The molecular formula is C24H28O4. The van der Waals surface area contributed by atoms with E-state index in [0.717, 1.165) is 17.5 Å². The molecule has 0 heterocycles. The molecule has 2 aromatic rings. The third-order valence-corrected chi connectivity index (χ3v) is 5.87. The van der Waals surface area contributed by atoms with Gasteiger partial charge in [-0.15, -0.1) is 0 Å². The fraction of sp³-hybridized carbons (Fsp3) is 0.417. The zero-order valence-corrected chi connectivity index (χ0v) is 16.7. The molecule has 0 aromatic heterocycles. The lowest BCUT2D eigenvalue weighted by molar-refractivity contribution is -0.171. The van der Waals surface area contributed by atoms with Gasteiger partial charge in [-0.1, -0.05) is 80.9 Å². The number of benzene rings is 2. The summed E-state index contributed by atoms with van der Waals surface area (Å²) < 4.78 is 10.7. The Hall–Kier alpha value is -2.62. The van der Waals surface area contributed by atoms with Gasteiger partial charge in [0.15, 0.2) is 0 Å². The van der Waals surface area contributed by atoms with Crippen LogP contribution in [0.5, 0.6) is 0 Å². The molecule has 0 aliphatic heterocycles. The van der Waals surface area contributed by atoms with E-state index >= 15 is 0 Å². The van der Waals surface area contributed by atoms with E-state index in [1.54, 1.807) is 0 Å². The van der Waals surface area contributed by atoms with Crippen LogP contribution in [0.3, 0.4) is 0 Å². The second-order valence-corrected chi connectivity index (χ2v) is 7.59. The molecule has 0 unspecified atom stereocenters. The van der Waals surface area contributed by atoms with Crippen LogP contribution in [-0.4, -0.2) is 25.7 Å². The maximum Gasteiger partial charge on any atom is 0.310 e. The van der Waals surface area contributed by atoms with Crippen molar-refractivity contribution < 1.29 is 19.1 Å². The Morgan fingerprint density at radius 3 is 1.75 bits per heavy atom. The molecule has 0 bridgehead atoms. The lowest BCUT2D eigenvalue weighted by Crippen LogP contribution is -2.52. The first-order valence-corrected chi connectivity index (χ1v) is 9.92. The molecule has 1 saturated carbocycles. The normalized spacial score (nSPS) is 24.7. The van der Waals surface area contributed by atoms with Gasteiger partial charge in [-0.05, 0) is 17.0 Å². The van der Waals surface area contributed by atoms with Crippen molar-refractivity contribution >= 4 is 11.9 Å². The third kappa shape index (κ3) is 3.96. The summed E-state index contributed by atoms with van der Waals surface area (Å²) in [5, 5.41) is 0. The van der Waals surface area contributed by atoms with Crippen LogP contribution in [0.1, 0.15) is 43.2 Å². The number of ether oxygens (including phenoxy) is 2. The van der Waals surface area contributed by atoms with E-state index in [2.05, 4.69) is 6.92 Å². The van der Waals surface area contributed by atoms with Crippen LogP contribution in [0.15, 0.2) is 60.7 Å². The minimum Gasteiger partial charge on any atom is -0.469 e. The molecule has 1 fully saturated rings. The van der Waals surface area contributed by atoms with Crippen molar-refractivity contribution in [1.29, 1.82) is 0 Å². The minimum atomic E-state index is -0.540. The predicted octanol–water partition coefficient (Wildman–Crippen LogP) is 4.56. The lowest BCUT2D eigenvalue weighted by atomic mass is 9.52. The highest BCUT2D eigenvalue weighted by Crippen LogP contribution is 2.58. The van der Waals surface area contributed by atoms with Crippen molar-refractivity contribution in [3.05, 3.63) is 71.8 Å². The summed E-state index contributed by atoms with van der Waals surface area (Å²) in [6.07, 6.45) is 0.938. The largest absolute Gasteiger partial charge is 0.469 e. The summed E-state index contributed by atoms with van der Waals surface area (Å²) in [6.45, 7) is 4.49. The van der Waals surface area contributed by atoms with Gasteiger partial charge in [0.2, 0.25) is 0 Å². The number of hydrogen-bond donors (Lipinski definition) is 0. The van der Waals surface area contributed by atoms with Gasteiger partial charge in [0.05, 0.1) is 25.6 Å². The third-order valence-electron chi connectivity index (χ3n) is 5.87. The Morgan fingerprint density at radius 1 is 0.857 bits per heavy atom. The van der Waals surface area contributed by atoms with Gasteiger partial charge in [0.1, 0.15) is 0 Å². The summed E-state index contributed by atoms with van der Waals surface area (Å²) in [5.74, 6) is -1.68. The topological polar surface area (TPSA) is 52.6 Å². The maximum atomic E-state index is 13.0. The molecule has 0 N–H and O–H groups in total. The van der Waals surface area contributed by atoms with Gasteiger partial charge >= 0.3 is 11.9 Å². The van der Waals surface area contributed by atoms with E-state index < -0.39 is 11.8 Å². The Kier molecular flexibility index (Phi) is 6.50. The van der Waals surface area contributed by atoms with E-state index in [-0.39, 0.29) is 23.8 Å². The van der Waals surface area contributed by atoms with Crippen LogP contribution in [0, 0.1) is 17.8 Å². The molecule has 0 saturated heterocycles. The summed E-state index contributed by atoms with van der Waals surface area (Å²) in [7, 11) is 1.38. The maximum absolute atomic E-state index is 13.0. The van der Waals surface area contributed by atoms with Gasteiger partial charge in [0, 0.05) is 11.8 Å². The predicted molar refractivity (Wildman–Crippen MR) is 108 cm³/mol. The highest BCUT2D eigenvalue weighted by atomic mass is 16.5. The van der Waals surface area contributed by atoms with Gasteiger partial charge in [0.25, 0.3) is 0 Å². The van der Waals surface area contributed by atoms with Crippen LogP contribution >= 0.6 is 0 Å². The van der Waals surface area contributed by atoms with Gasteiger partial charge in [-0.3, -0.25) is 9.59 Å². The Bertz CT molecular complexity index is 787. The van der Waals surface area contributed by atoms with Gasteiger partial charge in [-0.2, -0.15) is 0 Å². The van der Waals surface area contributed by atoms with E-state index in [1.807, 2.05) is 67.6 Å². The molecular weight excluding hydrogens is 352 g/mol. The van der Waals surface area contributed by atoms with Gasteiger partial charge in [-0.25, -0.2) is 0 Å². The first-order chi connectivity index (χ1) is 13.6. The molecule has 0 radical (unpaired) electrons. The second kappa shape index (κ2) is 9.05. The van der Waals surface area contributed by atoms with Crippen molar-refractivity contribution in [2.24, 2.45) is 17.8 Å². The quantitative estimate of drug-likeness (QED) is 0.661. The van der Waals surface area contributed by atoms with Crippen molar-refractivity contribution in [2.45, 2.75) is 32.1 Å². The molecule has 28 heavy (non-hydrogen) atoms. The molecule has 0 spiro atoms. The van der Waals surface area contributed by atoms with Crippen molar-refractivity contribution in [3.8, 4) is 0 Å². The Morgan fingerprint density at radius 2 is 1.32 bits per heavy atom. The van der Waals surface area contributed by atoms with Crippen LogP contribution < -0.4 is 0 Å². The molecule has 5 atom stereocenters. The summed E-state index contributed by atoms with van der Waals surface area (Å²) in [6, 6.07) is 19.8. The molecule has 148 valence electrons. The van der Waals surface area contributed by atoms with Crippen LogP contribution in [0.25, 0.3) is 0 Å². The molecule has 3 rings (SSSR count). The number of rotatable bonds is 7. The standard InChI is InChI=1S/C24H28O4/c1-4-16(2)15-28-24(26)22-20(18-13-9-6-10-14-18)19(21(22)23(25)27-3)17-11-7-5-8-12-17/h5-14,16,19-22H,4,15H2,1-3H3/t16-,19-,20-,21+,22+/m1/s1. The number of carbonyl (C=O) groups is 2. The number of methoxy groups -OCH3 is 1. The average Bonchev–Trinajstić information content (AvgIpc) is 2.72. The number of carbonyl (C=O) groups excluding carboxylic acids is 2. The van der Waals surface area contributed by atoms with Crippen molar-refractivity contribution in [2.75, 3.05) is 13.7 Å². The molecule has 2 aromatic carbocycles. The van der Waals surface area contributed by atoms with E-state index in [0.29, 0.717) is 12.5 Å². The summed E-state index contributed by atoms with van der Waals surface area (Å²) in [4.78, 5) is 25.6. The Labute approximate surface area is 166 Å². The fourth-order valence-corrected chi connectivity index (χ4v) is 4.09. The zero-order valence-electron chi connectivity index (χ0n) is 16.7. The smallest absolute Gasteiger partial charge is 0.310 e. The summed E-state index contributed by atoms with van der Waals surface area (Å²) in [5.41, 5.74) is 2.08. The summed E-state index contributed by atoms with van der Waals surface area (Å²) >= 11 is 0.